The molecule has 3 aromatic rings. The fourth-order valence-electron chi connectivity index (χ4n) is 6.87. The minimum atomic E-state index is -1.66. The molecular weight excluding hydrogens is 682 g/mol. The largest absolute Gasteiger partial charge is 1.00 e. The number of rotatable bonds is 23. The Balaban J connectivity index is 0.00000552. The highest BCUT2D eigenvalue weighted by atomic mass is 127. The Bertz CT molecular complexity index is 992. The van der Waals surface area contributed by atoms with E-state index in [1.165, 1.54) is 138 Å². The van der Waals surface area contributed by atoms with Crippen molar-refractivity contribution in [3.8, 4) is 0 Å². The van der Waals surface area contributed by atoms with Crippen molar-refractivity contribution in [2.45, 2.75) is 128 Å². The van der Waals surface area contributed by atoms with Gasteiger partial charge in [0.05, 0.1) is 6.16 Å². The molecule has 4 rings (SSSR count). The number of unbranched alkanes of at least 4 members (excludes halogenated alkanes) is 15. The first-order valence-corrected chi connectivity index (χ1v) is 20.2. The van der Waals surface area contributed by atoms with Gasteiger partial charge in [-0.25, -0.2) is 0 Å². The maximum absolute atomic E-state index is 5.84. The smallest absolute Gasteiger partial charge is 0.157 e. The number of halogens is 1. The van der Waals surface area contributed by atoms with Crippen LogP contribution in [0.1, 0.15) is 122 Å². The average Bonchev–Trinajstić information content (AvgIpc) is 3.09. The van der Waals surface area contributed by atoms with E-state index in [0.29, 0.717) is 0 Å². The SMILES string of the molecule is [I-].c1ccc([P+](CCCCCCCCCCCCCCCCCCOC2CCCCO2)(c2ccccc2)c2ccccc2)cc1. The zero-order chi connectivity index (χ0) is 30.4. The molecule has 0 bridgehead atoms. The lowest BCUT2D eigenvalue weighted by Gasteiger charge is -2.27. The summed E-state index contributed by atoms with van der Waals surface area (Å²) in [5.74, 6) is 0. The molecule has 3 aromatic carbocycles. The molecule has 0 aliphatic carbocycles. The predicted molar refractivity (Wildman–Crippen MR) is 193 cm³/mol. The van der Waals surface area contributed by atoms with E-state index in [1.54, 1.807) is 0 Å². The van der Waals surface area contributed by atoms with Crippen LogP contribution in [-0.2, 0) is 9.47 Å². The highest BCUT2D eigenvalue weighted by Crippen LogP contribution is 2.56. The summed E-state index contributed by atoms with van der Waals surface area (Å²) in [5.41, 5.74) is 0. The summed E-state index contributed by atoms with van der Waals surface area (Å²) in [5, 5.41) is 4.55. The van der Waals surface area contributed by atoms with E-state index >= 15 is 0 Å². The molecule has 1 saturated heterocycles. The van der Waals surface area contributed by atoms with Crippen molar-refractivity contribution in [1.29, 1.82) is 0 Å². The zero-order valence-electron chi connectivity index (χ0n) is 27.9. The van der Waals surface area contributed by atoms with Crippen molar-refractivity contribution in [3.63, 3.8) is 0 Å². The number of hydrogen-bond acceptors (Lipinski definition) is 2. The van der Waals surface area contributed by atoms with Crippen LogP contribution in [-0.4, -0.2) is 25.7 Å². The van der Waals surface area contributed by atoms with E-state index in [1.807, 2.05) is 0 Å². The molecule has 1 unspecified atom stereocenters. The lowest BCUT2D eigenvalue weighted by molar-refractivity contribution is -0.162. The van der Waals surface area contributed by atoms with E-state index in [9.17, 15) is 0 Å². The van der Waals surface area contributed by atoms with Gasteiger partial charge in [0.15, 0.2) is 6.29 Å². The third-order valence-corrected chi connectivity index (χ3v) is 13.9. The first kappa shape index (κ1) is 38.2. The molecule has 4 heteroatoms. The van der Waals surface area contributed by atoms with Crippen LogP contribution < -0.4 is 39.9 Å². The molecule has 0 saturated carbocycles. The summed E-state index contributed by atoms with van der Waals surface area (Å²) >= 11 is 0. The molecule has 1 fully saturated rings. The van der Waals surface area contributed by atoms with Crippen molar-refractivity contribution in [3.05, 3.63) is 91.0 Å². The maximum atomic E-state index is 5.84. The van der Waals surface area contributed by atoms with E-state index in [2.05, 4.69) is 91.0 Å². The Labute approximate surface area is 293 Å². The Morgan fingerprint density at radius 2 is 0.867 bits per heavy atom. The van der Waals surface area contributed by atoms with Crippen LogP contribution in [0, 0.1) is 0 Å². The molecule has 0 N–H and O–H groups in total. The summed E-state index contributed by atoms with van der Waals surface area (Å²) in [6.45, 7) is 1.76. The number of hydrogen-bond donors (Lipinski definition) is 0. The fraction of sp³-hybridized carbons (Fsp3) is 0.561. The van der Waals surface area contributed by atoms with Gasteiger partial charge in [-0.15, -0.1) is 0 Å². The van der Waals surface area contributed by atoms with Gasteiger partial charge >= 0.3 is 0 Å². The van der Waals surface area contributed by atoms with E-state index < -0.39 is 7.26 Å². The third-order valence-electron chi connectivity index (χ3n) is 9.42. The first-order valence-electron chi connectivity index (χ1n) is 18.2. The van der Waals surface area contributed by atoms with Gasteiger partial charge in [-0.3, -0.25) is 0 Å². The Kier molecular flexibility index (Phi) is 20.3. The van der Waals surface area contributed by atoms with Crippen LogP contribution in [0.15, 0.2) is 91.0 Å². The van der Waals surface area contributed by atoms with Gasteiger partial charge in [-0.1, -0.05) is 138 Å². The Morgan fingerprint density at radius 1 is 0.489 bits per heavy atom. The summed E-state index contributed by atoms with van der Waals surface area (Å²) in [6.07, 6.45) is 26.9. The standard InChI is InChI=1S/C41H60O2P.HI/c1(3-5-7-9-11-13-25-35-42-41-34-24-26-36-43-41)2-4-6-8-10-12-14-27-37-44(38-28-18-15-19-29-38,39-30-20-16-21-31-39)40-32-22-17-23-33-40;/h15-23,28-33,41H,1-14,24-27,34-37H2;1H/q+1;/p-1. The molecule has 2 nitrogen and oxygen atoms in total. The summed E-state index contributed by atoms with van der Waals surface area (Å²) in [6, 6.07) is 34.1. The van der Waals surface area contributed by atoms with Gasteiger partial charge in [-0.2, -0.15) is 0 Å². The maximum Gasteiger partial charge on any atom is 0.157 e. The van der Waals surface area contributed by atoms with Crippen LogP contribution in [0.25, 0.3) is 0 Å². The average molecular weight is 743 g/mol. The van der Waals surface area contributed by atoms with Gasteiger partial charge in [0.25, 0.3) is 0 Å². The van der Waals surface area contributed by atoms with Crippen molar-refractivity contribution in [1.82, 2.24) is 0 Å². The highest BCUT2D eigenvalue weighted by Gasteiger charge is 2.44. The van der Waals surface area contributed by atoms with Gasteiger partial charge in [-0.05, 0) is 74.9 Å². The van der Waals surface area contributed by atoms with Crippen LogP contribution in [0.5, 0.6) is 0 Å². The van der Waals surface area contributed by atoms with Crippen LogP contribution in [0.4, 0.5) is 0 Å². The molecule has 1 heterocycles. The third kappa shape index (κ3) is 13.8. The lowest BCUT2D eigenvalue weighted by Crippen LogP contribution is -3.00. The molecule has 0 spiro atoms. The van der Waals surface area contributed by atoms with Crippen molar-refractivity contribution < 1.29 is 33.5 Å². The fourth-order valence-corrected chi connectivity index (χ4v) is 11.3. The quantitative estimate of drug-likeness (QED) is 0.0562. The van der Waals surface area contributed by atoms with Crippen molar-refractivity contribution in [2.75, 3.05) is 19.4 Å². The minimum absolute atomic E-state index is 0. The molecule has 248 valence electrons. The van der Waals surface area contributed by atoms with E-state index in [-0.39, 0.29) is 30.3 Å². The van der Waals surface area contributed by atoms with Gasteiger partial charge in [0.1, 0.15) is 23.2 Å². The Hall–Kier alpha value is -1.26. The topological polar surface area (TPSA) is 18.5 Å². The van der Waals surface area contributed by atoms with Gasteiger partial charge in [0.2, 0.25) is 0 Å². The number of ether oxygens (including phenoxy) is 2. The lowest BCUT2D eigenvalue weighted by atomic mass is 10.0. The highest BCUT2D eigenvalue weighted by molar-refractivity contribution is 7.95. The van der Waals surface area contributed by atoms with E-state index in [0.717, 1.165) is 19.6 Å². The normalized spacial score (nSPS) is 15.1. The molecular formula is C41H60IO2P. The van der Waals surface area contributed by atoms with Crippen LogP contribution in [0.2, 0.25) is 0 Å². The van der Waals surface area contributed by atoms with Crippen molar-refractivity contribution >= 4 is 23.2 Å². The Morgan fingerprint density at radius 3 is 1.24 bits per heavy atom. The van der Waals surface area contributed by atoms with Gasteiger partial charge < -0.3 is 33.5 Å². The summed E-state index contributed by atoms with van der Waals surface area (Å²) in [7, 11) is -1.66. The zero-order valence-corrected chi connectivity index (χ0v) is 31.0. The second-order valence-electron chi connectivity index (χ2n) is 12.9. The molecule has 0 radical (unpaired) electrons. The second kappa shape index (κ2) is 24.0. The molecule has 0 aromatic heterocycles. The monoisotopic (exact) mass is 742 g/mol. The van der Waals surface area contributed by atoms with E-state index in [4.69, 9.17) is 9.47 Å². The summed E-state index contributed by atoms with van der Waals surface area (Å²) < 4.78 is 11.5. The summed E-state index contributed by atoms with van der Waals surface area (Å²) in [4.78, 5) is 0. The van der Waals surface area contributed by atoms with Crippen LogP contribution in [0.3, 0.4) is 0 Å². The predicted octanol–water partition coefficient (Wildman–Crippen LogP) is 7.77. The first-order chi connectivity index (χ1) is 21.9. The molecule has 0 amide bonds. The van der Waals surface area contributed by atoms with Gasteiger partial charge in [0, 0.05) is 13.2 Å². The molecule has 1 aliphatic rings. The second-order valence-corrected chi connectivity index (χ2v) is 16.5. The molecule has 1 aliphatic heterocycles. The minimum Gasteiger partial charge on any atom is -1.00 e. The molecule has 45 heavy (non-hydrogen) atoms. The van der Waals surface area contributed by atoms with Crippen molar-refractivity contribution in [2.24, 2.45) is 0 Å². The molecule has 1 atom stereocenters. The number of benzene rings is 3. The van der Waals surface area contributed by atoms with Crippen LogP contribution >= 0.6 is 7.26 Å².